The fourth-order valence-electron chi connectivity index (χ4n) is 4.39. The molecule has 0 aliphatic heterocycles. The zero-order valence-electron chi connectivity index (χ0n) is 19.9. The molecule has 0 aromatic heterocycles. The van der Waals surface area contributed by atoms with Gasteiger partial charge in [-0.2, -0.15) is 0 Å². The molecule has 3 rings (SSSR count). The number of aliphatic hydroxyl groups excluding tert-OH is 1. The number of hydrogen-bond acceptors (Lipinski definition) is 7. The number of halogens is 1. The van der Waals surface area contributed by atoms with E-state index >= 15 is 0 Å². The Balaban J connectivity index is 1.90. The second-order valence-electron chi connectivity index (χ2n) is 8.18. The van der Waals surface area contributed by atoms with Crippen LogP contribution in [0, 0.1) is 0 Å². The SMILES string of the molecule is CCOC(=O)c1c(OC)cc2c(c1C(=O)OCC)CCCC(NC[C@H](O)c1cccc(Cl)c1)C2. The Labute approximate surface area is 205 Å². The third kappa shape index (κ3) is 6.09. The van der Waals surface area contributed by atoms with E-state index in [1.54, 1.807) is 26.0 Å². The van der Waals surface area contributed by atoms with E-state index in [0.717, 1.165) is 29.5 Å². The number of rotatable bonds is 9. The van der Waals surface area contributed by atoms with Gasteiger partial charge in [-0.15, -0.1) is 0 Å². The minimum Gasteiger partial charge on any atom is -0.496 e. The molecule has 184 valence electrons. The van der Waals surface area contributed by atoms with Crippen molar-refractivity contribution < 1.29 is 28.9 Å². The van der Waals surface area contributed by atoms with Crippen LogP contribution in [-0.2, 0) is 22.3 Å². The number of hydrogen-bond donors (Lipinski definition) is 2. The smallest absolute Gasteiger partial charge is 0.342 e. The van der Waals surface area contributed by atoms with Crippen molar-refractivity contribution in [2.75, 3.05) is 26.9 Å². The van der Waals surface area contributed by atoms with Crippen LogP contribution in [0.5, 0.6) is 5.75 Å². The topological polar surface area (TPSA) is 94.1 Å². The Hall–Kier alpha value is -2.61. The van der Waals surface area contributed by atoms with Gasteiger partial charge in [-0.3, -0.25) is 0 Å². The third-order valence-corrected chi connectivity index (χ3v) is 6.18. The Kier molecular flexibility index (Phi) is 9.33. The van der Waals surface area contributed by atoms with Crippen molar-refractivity contribution in [3.05, 3.63) is 63.2 Å². The maximum atomic E-state index is 13.0. The number of fused-ring (bicyclic) bond motifs is 1. The van der Waals surface area contributed by atoms with Crippen LogP contribution in [0.4, 0.5) is 0 Å². The van der Waals surface area contributed by atoms with Crippen molar-refractivity contribution in [1.29, 1.82) is 0 Å². The first-order chi connectivity index (χ1) is 16.4. The number of aliphatic hydroxyl groups is 1. The molecule has 0 radical (unpaired) electrons. The largest absolute Gasteiger partial charge is 0.496 e. The van der Waals surface area contributed by atoms with E-state index < -0.39 is 18.0 Å². The van der Waals surface area contributed by atoms with Crippen LogP contribution in [0.15, 0.2) is 30.3 Å². The summed E-state index contributed by atoms with van der Waals surface area (Å²) >= 11 is 6.05. The Morgan fingerprint density at radius 3 is 2.50 bits per heavy atom. The van der Waals surface area contributed by atoms with Crippen LogP contribution >= 0.6 is 11.6 Å². The summed E-state index contributed by atoms with van der Waals surface area (Å²) in [6, 6.07) is 9.07. The van der Waals surface area contributed by atoms with Gasteiger partial charge in [0, 0.05) is 17.6 Å². The summed E-state index contributed by atoms with van der Waals surface area (Å²) in [5.74, 6) is -0.864. The lowest BCUT2D eigenvalue weighted by Gasteiger charge is -2.21. The molecule has 1 unspecified atom stereocenters. The van der Waals surface area contributed by atoms with Gasteiger partial charge in [0.1, 0.15) is 11.3 Å². The van der Waals surface area contributed by atoms with Crippen molar-refractivity contribution in [2.24, 2.45) is 0 Å². The fraction of sp³-hybridized carbons (Fsp3) is 0.462. The first-order valence-corrected chi connectivity index (χ1v) is 12.0. The van der Waals surface area contributed by atoms with Gasteiger partial charge in [-0.25, -0.2) is 9.59 Å². The van der Waals surface area contributed by atoms with Gasteiger partial charge in [0.25, 0.3) is 0 Å². The predicted molar refractivity (Wildman–Crippen MR) is 130 cm³/mol. The van der Waals surface area contributed by atoms with E-state index in [9.17, 15) is 14.7 Å². The van der Waals surface area contributed by atoms with Crippen LogP contribution in [0.1, 0.15) is 70.2 Å². The van der Waals surface area contributed by atoms with Gasteiger partial charge in [0.05, 0.1) is 32.0 Å². The summed E-state index contributed by atoms with van der Waals surface area (Å²) in [5.41, 5.74) is 2.81. The zero-order valence-corrected chi connectivity index (χ0v) is 20.6. The maximum absolute atomic E-state index is 13.0. The first kappa shape index (κ1) is 26.0. The highest BCUT2D eigenvalue weighted by Crippen LogP contribution is 2.34. The summed E-state index contributed by atoms with van der Waals surface area (Å²) in [7, 11) is 1.47. The lowest BCUT2D eigenvalue weighted by molar-refractivity contribution is 0.0474. The summed E-state index contributed by atoms with van der Waals surface area (Å²) in [4.78, 5) is 25.7. The average Bonchev–Trinajstić information content (AvgIpc) is 3.03. The number of carbonyl (C=O) groups is 2. The second kappa shape index (κ2) is 12.2. The molecule has 2 N–H and O–H groups in total. The molecule has 0 saturated heterocycles. The number of methoxy groups -OCH3 is 1. The highest BCUT2D eigenvalue weighted by Gasteiger charge is 2.31. The molecule has 8 heteroatoms. The average molecular weight is 490 g/mol. The molecule has 0 heterocycles. The van der Waals surface area contributed by atoms with Gasteiger partial charge < -0.3 is 24.6 Å². The number of nitrogens with one attached hydrogen (secondary N) is 1. The quantitative estimate of drug-likeness (QED) is 0.401. The molecule has 0 fully saturated rings. The van der Waals surface area contributed by atoms with E-state index in [1.807, 2.05) is 18.2 Å². The highest BCUT2D eigenvalue weighted by molar-refractivity contribution is 6.30. The van der Waals surface area contributed by atoms with E-state index in [1.165, 1.54) is 7.11 Å². The first-order valence-electron chi connectivity index (χ1n) is 11.6. The Morgan fingerprint density at radius 1 is 1.15 bits per heavy atom. The van der Waals surface area contributed by atoms with Crippen LogP contribution in [0.25, 0.3) is 0 Å². The van der Waals surface area contributed by atoms with Crippen LogP contribution in [-0.4, -0.2) is 50.0 Å². The molecular formula is C26H32ClNO6. The van der Waals surface area contributed by atoms with Gasteiger partial charge in [0.2, 0.25) is 0 Å². The van der Waals surface area contributed by atoms with Gasteiger partial charge >= 0.3 is 11.9 Å². The molecule has 2 atom stereocenters. The minimum atomic E-state index is -0.697. The molecule has 1 aliphatic carbocycles. The fourth-order valence-corrected chi connectivity index (χ4v) is 4.59. The number of ether oxygens (including phenoxy) is 3. The molecular weight excluding hydrogens is 458 g/mol. The number of benzene rings is 2. The molecule has 0 bridgehead atoms. The normalized spacial score (nSPS) is 16.2. The summed E-state index contributed by atoms with van der Waals surface area (Å²) in [5, 5.41) is 14.6. The van der Waals surface area contributed by atoms with Crippen LogP contribution < -0.4 is 10.1 Å². The van der Waals surface area contributed by atoms with Crippen molar-refractivity contribution in [1.82, 2.24) is 5.32 Å². The minimum absolute atomic E-state index is 0.0725. The molecule has 0 saturated carbocycles. The lowest BCUT2D eigenvalue weighted by Crippen LogP contribution is -2.34. The highest BCUT2D eigenvalue weighted by atomic mass is 35.5. The van der Waals surface area contributed by atoms with E-state index in [-0.39, 0.29) is 30.4 Å². The summed E-state index contributed by atoms with van der Waals surface area (Å²) < 4.78 is 16.0. The standard InChI is InChI=1S/C26H32ClNO6/c1-4-33-25(30)23-20-11-7-10-19(28-15-21(29)16-8-6-9-18(27)12-16)13-17(20)14-22(32-3)24(23)26(31)34-5-2/h6,8-9,12,14,19,21,28-29H,4-5,7,10-11,13,15H2,1-3H3/t19?,21-/m0/s1. The van der Waals surface area contributed by atoms with Crippen LogP contribution in [0.3, 0.4) is 0 Å². The molecule has 1 aliphatic rings. The molecule has 2 aromatic rings. The van der Waals surface area contributed by atoms with Crippen LogP contribution in [0.2, 0.25) is 5.02 Å². The number of esters is 2. The maximum Gasteiger partial charge on any atom is 0.342 e. The molecule has 34 heavy (non-hydrogen) atoms. The monoisotopic (exact) mass is 489 g/mol. The van der Waals surface area contributed by atoms with Crippen molar-refractivity contribution in [3.63, 3.8) is 0 Å². The van der Waals surface area contributed by atoms with E-state index in [2.05, 4.69) is 5.32 Å². The zero-order chi connectivity index (χ0) is 24.7. The molecule has 2 aromatic carbocycles. The molecule has 0 amide bonds. The van der Waals surface area contributed by atoms with Gasteiger partial charge in [-0.05, 0) is 74.4 Å². The molecule has 7 nitrogen and oxygen atoms in total. The summed E-state index contributed by atoms with van der Waals surface area (Å²) in [6.45, 7) is 4.18. The van der Waals surface area contributed by atoms with Crippen molar-refractivity contribution >= 4 is 23.5 Å². The van der Waals surface area contributed by atoms with E-state index in [0.29, 0.717) is 30.2 Å². The van der Waals surface area contributed by atoms with Gasteiger partial charge in [0.15, 0.2) is 0 Å². The van der Waals surface area contributed by atoms with Gasteiger partial charge in [-0.1, -0.05) is 23.7 Å². The predicted octanol–water partition coefficient (Wildman–Crippen LogP) is 4.27. The number of carbonyl (C=O) groups excluding carboxylic acids is 2. The Bertz CT molecular complexity index is 1020. The molecule has 0 spiro atoms. The second-order valence-corrected chi connectivity index (χ2v) is 8.62. The third-order valence-electron chi connectivity index (χ3n) is 5.95. The van der Waals surface area contributed by atoms with E-state index in [4.69, 9.17) is 25.8 Å². The lowest BCUT2D eigenvalue weighted by atomic mass is 9.91. The van der Waals surface area contributed by atoms with Crippen molar-refractivity contribution in [3.8, 4) is 5.75 Å². The van der Waals surface area contributed by atoms with Crippen molar-refractivity contribution in [2.45, 2.75) is 51.7 Å². The Morgan fingerprint density at radius 2 is 1.85 bits per heavy atom. The summed E-state index contributed by atoms with van der Waals surface area (Å²) in [6.07, 6.45) is 2.19.